The fourth-order valence-electron chi connectivity index (χ4n) is 3.42. The Balaban J connectivity index is 1.47. The largest absolute Gasteiger partial charge is 0.301 e. The molecule has 4 rings (SSSR count). The maximum atomic E-state index is 12.1. The van der Waals surface area contributed by atoms with Crippen LogP contribution in [-0.4, -0.2) is 21.6 Å². The van der Waals surface area contributed by atoms with Gasteiger partial charge in [0.15, 0.2) is 5.13 Å². The van der Waals surface area contributed by atoms with Crippen LogP contribution in [-0.2, 0) is 17.6 Å². The molecule has 1 aliphatic carbocycles. The molecule has 0 bridgehead atoms. The fraction of sp³-hybridized carbons (Fsp3) is 0.238. The Morgan fingerprint density at radius 3 is 2.96 bits per heavy atom. The summed E-state index contributed by atoms with van der Waals surface area (Å²) in [7, 11) is 0. The average molecular weight is 407 g/mol. The SMILES string of the molecule is N#Cc1cc2c(nc1SCC(=O)Nc1nccs1)CC[C@@H](c1ccccc1)C2. The number of nitrogens with zero attached hydrogens (tertiary/aromatic N) is 3. The van der Waals surface area contributed by atoms with E-state index in [9.17, 15) is 10.1 Å². The number of carbonyl (C=O) groups excluding carboxylic acids is 1. The number of pyridine rings is 1. The molecule has 0 saturated heterocycles. The van der Waals surface area contributed by atoms with Gasteiger partial charge in [-0.3, -0.25) is 4.79 Å². The minimum atomic E-state index is -0.146. The van der Waals surface area contributed by atoms with Gasteiger partial charge in [0, 0.05) is 17.3 Å². The number of fused-ring (bicyclic) bond motifs is 1. The second kappa shape index (κ2) is 8.55. The number of benzene rings is 1. The van der Waals surface area contributed by atoms with Crippen LogP contribution < -0.4 is 5.32 Å². The van der Waals surface area contributed by atoms with E-state index in [1.165, 1.54) is 28.7 Å². The van der Waals surface area contributed by atoms with Gasteiger partial charge in [-0.1, -0.05) is 42.1 Å². The lowest BCUT2D eigenvalue weighted by Gasteiger charge is -2.25. The number of aromatic nitrogens is 2. The predicted octanol–water partition coefficient (Wildman–Crippen LogP) is 4.41. The van der Waals surface area contributed by atoms with Crippen molar-refractivity contribution in [2.75, 3.05) is 11.1 Å². The number of nitriles is 1. The van der Waals surface area contributed by atoms with Crippen LogP contribution >= 0.6 is 23.1 Å². The maximum Gasteiger partial charge on any atom is 0.236 e. The second-order valence-electron chi connectivity index (χ2n) is 6.58. The van der Waals surface area contributed by atoms with Crippen molar-refractivity contribution in [3.63, 3.8) is 0 Å². The third-order valence-electron chi connectivity index (χ3n) is 4.76. The Morgan fingerprint density at radius 2 is 2.21 bits per heavy atom. The lowest BCUT2D eigenvalue weighted by atomic mass is 9.82. The normalized spacial score (nSPS) is 15.5. The molecule has 2 heterocycles. The molecule has 1 amide bonds. The molecule has 1 aromatic carbocycles. The van der Waals surface area contributed by atoms with Gasteiger partial charge in [0.25, 0.3) is 0 Å². The van der Waals surface area contributed by atoms with E-state index in [0.29, 0.717) is 21.6 Å². The molecule has 0 aliphatic heterocycles. The number of amides is 1. The van der Waals surface area contributed by atoms with Crippen LogP contribution in [0.25, 0.3) is 0 Å². The molecule has 0 unspecified atom stereocenters. The van der Waals surface area contributed by atoms with Gasteiger partial charge in [0.05, 0.1) is 11.3 Å². The highest BCUT2D eigenvalue weighted by Crippen LogP contribution is 2.34. The lowest BCUT2D eigenvalue weighted by molar-refractivity contribution is -0.113. The molecule has 1 aliphatic rings. The Hall–Kier alpha value is -2.69. The summed E-state index contributed by atoms with van der Waals surface area (Å²) >= 11 is 2.68. The Kier molecular flexibility index (Phi) is 5.70. The zero-order valence-electron chi connectivity index (χ0n) is 15.1. The van der Waals surface area contributed by atoms with Crippen molar-refractivity contribution >= 4 is 34.1 Å². The molecule has 28 heavy (non-hydrogen) atoms. The molecule has 3 aromatic rings. The summed E-state index contributed by atoms with van der Waals surface area (Å²) in [5, 5.41) is 15.3. The van der Waals surface area contributed by atoms with Crippen molar-refractivity contribution in [3.05, 3.63) is 70.4 Å². The van der Waals surface area contributed by atoms with Gasteiger partial charge in [-0.15, -0.1) is 11.3 Å². The predicted molar refractivity (Wildman–Crippen MR) is 112 cm³/mol. The molecule has 0 fully saturated rings. The molecule has 2 aromatic heterocycles. The zero-order valence-corrected chi connectivity index (χ0v) is 16.7. The first kappa shape index (κ1) is 18.7. The van der Waals surface area contributed by atoms with Crippen LogP contribution in [0.2, 0.25) is 0 Å². The summed E-state index contributed by atoms with van der Waals surface area (Å²) in [5.74, 6) is 0.518. The summed E-state index contributed by atoms with van der Waals surface area (Å²) in [6.07, 6.45) is 4.48. The fourth-order valence-corrected chi connectivity index (χ4v) is 4.74. The van der Waals surface area contributed by atoms with E-state index in [1.54, 1.807) is 6.20 Å². The third kappa shape index (κ3) is 4.24. The van der Waals surface area contributed by atoms with E-state index in [1.807, 2.05) is 17.5 Å². The summed E-state index contributed by atoms with van der Waals surface area (Å²) in [5.41, 5.74) is 4.07. The van der Waals surface area contributed by atoms with Gasteiger partial charge in [0.1, 0.15) is 11.1 Å². The molecular weight excluding hydrogens is 388 g/mol. The van der Waals surface area contributed by atoms with Gasteiger partial charge in [-0.25, -0.2) is 9.97 Å². The van der Waals surface area contributed by atoms with Crippen LogP contribution in [0.15, 0.2) is 53.0 Å². The number of carbonyl (C=O) groups is 1. The van der Waals surface area contributed by atoms with E-state index >= 15 is 0 Å². The van der Waals surface area contributed by atoms with Gasteiger partial charge in [0.2, 0.25) is 5.91 Å². The number of hydrogen-bond donors (Lipinski definition) is 1. The number of nitrogens with one attached hydrogen (secondary N) is 1. The molecule has 1 N–H and O–H groups in total. The number of thioether (sulfide) groups is 1. The Labute approximate surface area is 171 Å². The van der Waals surface area contributed by atoms with Gasteiger partial charge >= 0.3 is 0 Å². The highest BCUT2D eigenvalue weighted by molar-refractivity contribution is 8.00. The topological polar surface area (TPSA) is 78.7 Å². The van der Waals surface area contributed by atoms with Crippen LogP contribution in [0.3, 0.4) is 0 Å². The number of thiazole rings is 1. The number of aryl methyl sites for hydroxylation is 1. The van der Waals surface area contributed by atoms with Gasteiger partial charge < -0.3 is 5.32 Å². The molecular formula is C21H18N4OS2. The van der Waals surface area contributed by atoms with Crippen molar-refractivity contribution in [2.45, 2.75) is 30.2 Å². The molecule has 7 heteroatoms. The third-order valence-corrected chi connectivity index (χ3v) is 6.44. The van der Waals surface area contributed by atoms with Crippen LogP contribution in [0, 0.1) is 11.3 Å². The average Bonchev–Trinajstić information content (AvgIpc) is 3.24. The van der Waals surface area contributed by atoms with Crippen LogP contribution in [0.5, 0.6) is 0 Å². The van der Waals surface area contributed by atoms with Crippen molar-refractivity contribution in [1.29, 1.82) is 5.26 Å². The molecule has 1 atom stereocenters. The lowest BCUT2D eigenvalue weighted by Crippen LogP contribution is -2.16. The first-order valence-electron chi connectivity index (χ1n) is 9.03. The van der Waals surface area contributed by atoms with Crippen LogP contribution in [0.1, 0.15) is 34.7 Å². The number of hydrogen-bond acceptors (Lipinski definition) is 6. The van der Waals surface area contributed by atoms with E-state index in [2.05, 4.69) is 40.6 Å². The molecule has 0 spiro atoms. The summed E-state index contributed by atoms with van der Waals surface area (Å²) in [6, 6.07) is 14.7. The summed E-state index contributed by atoms with van der Waals surface area (Å²) in [6.45, 7) is 0. The van der Waals surface area contributed by atoms with Crippen LogP contribution in [0.4, 0.5) is 5.13 Å². The van der Waals surface area contributed by atoms with E-state index < -0.39 is 0 Å². The van der Waals surface area contributed by atoms with E-state index in [0.717, 1.165) is 30.5 Å². The standard InChI is InChI=1S/C21H18N4OS2/c22-12-17-11-16-10-15(14-4-2-1-3-5-14)6-7-18(16)24-20(17)28-13-19(26)25-21-23-8-9-27-21/h1-5,8-9,11,15H,6-7,10,13H2,(H,23,25,26)/t15-/m1/s1. The Bertz CT molecular complexity index is 1010. The summed E-state index contributed by atoms with van der Waals surface area (Å²) in [4.78, 5) is 20.9. The second-order valence-corrected chi connectivity index (χ2v) is 8.44. The van der Waals surface area contributed by atoms with Crippen molar-refractivity contribution in [3.8, 4) is 6.07 Å². The first-order valence-corrected chi connectivity index (χ1v) is 10.9. The Morgan fingerprint density at radius 1 is 1.36 bits per heavy atom. The van der Waals surface area contributed by atoms with Crippen molar-refractivity contribution in [2.24, 2.45) is 0 Å². The van der Waals surface area contributed by atoms with Gasteiger partial charge in [-0.2, -0.15) is 5.26 Å². The summed E-state index contributed by atoms with van der Waals surface area (Å²) < 4.78 is 0. The highest BCUT2D eigenvalue weighted by Gasteiger charge is 2.23. The zero-order chi connectivity index (χ0) is 19.3. The van der Waals surface area contributed by atoms with Crippen molar-refractivity contribution in [1.82, 2.24) is 9.97 Å². The number of anilines is 1. The van der Waals surface area contributed by atoms with Crippen molar-refractivity contribution < 1.29 is 4.79 Å². The minimum absolute atomic E-state index is 0.146. The molecule has 0 radical (unpaired) electrons. The highest BCUT2D eigenvalue weighted by atomic mass is 32.2. The molecule has 0 saturated carbocycles. The minimum Gasteiger partial charge on any atom is -0.301 e. The van der Waals surface area contributed by atoms with Gasteiger partial charge in [-0.05, 0) is 42.4 Å². The number of rotatable bonds is 5. The monoisotopic (exact) mass is 406 g/mol. The quantitative estimate of drug-likeness (QED) is 0.635. The first-order chi connectivity index (χ1) is 13.7. The maximum absolute atomic E-state index is 12.1. The van der Waals surface area contributed by atoms with E-state index in [-0.39, 0.29) is 11.7 Å². The van der Waals surface area contributed by atoms with E-state index in [4.69, 9.17) is 4.98 Å². The molecule has 5 nitrogen and oxygen atoms in total. The molecule has 140 valence electrons. The smallest absolute Gasteiger partial charge is 0.236 e.